The van der Waals surface area contributed by atoms with Crippen LogP contribution in [0.2, 0.25) is 0 Å². The Balaban J connectivity index is 2.11. The second-order valence-electron chi connectivity index (χ2n) is 7.58. The Labute approximate surface area is 165 Å². The van der Waals surface area contributed by atoms with Crippen LogP contribution in [0.1, 0.15) is 45.2 Å². The summed E-state index contributed by atoms with van der Waals surface area (Å²) in [6.07, 6.45) is 3.80. The molecule has 2 amide bonds. The van der Waals surface area contributed by atoms with Crippen molar-refractivity contribution < 1.29 is 23.9 Å². The Morgan fingerprint density at radius 3 is 2.61 bits per heavy atom. The van der Waals surface area contributed by atoms with Gasteiger partial charge in [-0.25, -0.2) is 4.79 Å². The Morgan fingerprint density at radius 1 is 1.21 bits per heavy atom. The van der Waals surface area contributed by atoms with Gasteiger partial charge in [0.2, 0.25) is 5.91 Å². The van der Waals surface area contributed by atoms with Crippen molar-refractivity contribution in [3.8, 4) is 0 Å². The van der Waals surface area contributed by atoms with E-state index in [0.717, 1.165) is 5.56 Å². The molecule has 1 aliphatic rings. The number of hydrogen-bond donors (Lipinski definition) is 1. The van der Waals surface area contributed by atoms with Crippen LogP contribution < -0.4 is 5.32 Å². The highest BCUT2D eigenvalue weighted by atomic mass is 16.6. The minimum atomic E-state index is -0.633. The number of hydrogen-bond acceptors (Lipinski definition) is 5. The Hall–Kier alpha value is -2.83. The van der Waals surface area contributed by atoms with Crippen LogP contribution in [0.25, 0.3) is 0 Å². The van der Waals surface area contributed by atoms with E-state index >= 15 is 0 Å². The molecule has 1 atom stereocenters. The summed E-state index contributed by atoms with van der Waals surface area (Å²) in [6, 6.07) is 8.87. The molecule has 0 saturated carbocycles. The van der Waals surface area contributed by atoms with E-state index in [2.05, 4.69) is 5.32 Å². The van der Waals surface area contributed by atoms with Crippen molar-refractivity contribution in [1.82, 2.24) is 10.2 Å². The average Bonchev–Trinajstić information content (AvgIpc) is 2.62. The molecule has 0 aliphatic carbocycles. The fourth-order valence-electron chi connectivity index (χ4n) is 2.69. The van der Waals surface area contributed by atoms with Gasteiger partial charge in [0, 0.05) is 13.0 Å². The molecule has 0 unspecified atom stereocenters. The summed E-state index contributed by atoms with van der Waals surface area (Å²) in [5.74, 6) is -0.612. The maximum atomic E-state index is 12.5. The first kappa shape index (κ1) is 21.5. The predicted octanol–water partition coefficient (Wildman–Crippen LogP) is 2.97. The van der Waals surface area contributed by atoms with Crippen LogP contribution in [0, 0.1) is 0 Å². The second kappa shape index (κ2) is 9.92. The van der Waals surface area contributed by atoms with Crippen molar-refractivity contribution in [2.45, 2.75) is 45.3 Å². The normalized spacial score (nSPS) is 19.1. The van der Waals surface area contributed by atoms with Crippen LogP contribution in [0.3, 0.4) is 0 Å². The van der Waals surface area contributed by atoms with Gasteiger partial charge in [0.15, 0.2) is 0 Å². The molecular formula is C21H28N2O5. The van der Waals surface area contributed by atoms with E-state index in [1.54, 1.807) is 26.8 Å². The largest absolute Gasteiger partial charge is 0.459 e. The van der Waals surface area contributed by atoms with Gasteiger partial charge in [0.05, 0.1) is 6.04 Å². The van der Waals surface area contributed by atoms with Gasteiger partial charge in [-0.15, -0.1) is 0 Å². The molecule has 1 aliphatic heterocycles. The average molecular weight is 388 g/mol. The first-order chi connectivity index (χ1) is 13.2. The molecule has 1 aromatic rings. The number of nitrogens with zero attached hydrogens (tertiary/aromatic N) is 1. The van der Waals surface area contributed by atoms with E-state index in [0.29, 0.717) is 12.8 Å². The first-order valence-electron chi connectivity index (χ1n) is 9.37. The number of esters is 1. The molecule has 0 spiro atoms. The zero-order valence-corrected chi connectivity index (χ0v) is 16.6. The van der Waals surface area contributed by atoms with Gasteiger partial charge < -0.3 is 14.8 Å². The van der Waals surface area contributed by atoms with E-state index in [-0.39, 0.29) is 25.6 Å². The predicted molar refractivity (Wildman–Crippen MR) is 104 cm³/mol. The lowest BCUT2D eigenvalue weighted by Crippen LogP contribution is -2.40. The molecule has 0 saturated heterocycles. The van der Waals surface area contributed by atoms with Gasteiger partial charge in [-0.05, 0) is 32.8 Å². The lowest BCUT2D eigenvalue weighted by atomic mass is 10.1. The number of cyclic esters (lactones) is 1. The highest BCUT2D eigenvalue weighted by Gasteiger charge is 2.24. The topological polar surface area (TPSA) is 84.9 Å². The standard InChI is InChI=1S/C21H28N2O5/c1-21(2,3)28-19(25)14-23-13-9-5-8-12-18(24)22-17(15-27-20(23)26)16-10-6-4-7-11-16/h4-7,9-11,17H,8,12-15H2,1-3H3,(H,22,24)/t17-/m0/s1. The van der Waals surface area contributed by atoms with Gasteiger partial charge >= 0.3 is 12.1 Å². The highest BCUT2D eigenvalue weighted by molar-refractivity contribution is 5.79. The summed E-state index contributed by atoms with van der Waals surface area (Å²) in [7, 11) is 0. The minimum Gasteiger partial charge on any atom is -0.459 e. The van der Waals surface area contributed by atoms with Gasteiger partial charge in [0.25, 0.3) is 0 Å². The molecule has 1 aromatic carbocycles. The quantitative estimate of drug-likeness (QED) is 0.636. The molecule has 0 bridgehead atoms. The van der Waals surface area contributed by atoms with Crippen LogP contribution in [-0.2, 0) is 19.1 Å². The number of nitrogens with one attached hydrogen (secondary N) is 1. The van der Waals surface area contributed by atoms with E-state index in [1.807, 2.05) is 36.4 Å². The van der Waals surface area contributed by atoms with Crippen molar-refractivity contribution in [3.63, 3.8) is 0 Å². The lowest BCUT2D eigenvalue weighted by Gasteiger charge is -2.25. The molecular weight excluding hydrogens is 360 g/mol. The lowest BCUT2D eigenvalue weighted by molar-refractivity contribution is -0.155. The molecule has 0 aromatic heterocycles. The van der Waals surface area contributed by atoms with Crippen LogP contribution in [0.15, 0.2) is 42.5 Å². The Bertz CT molecular complexity index is 709. The fraction of sp³-hybridized carbons (Fsp3) is 0.476. The number of carbonyl (C=O) groups is 3. The summed E-state index contributed by atoms with van der Waals surface area (Å²) in [5.41, 5.74) is 0.210. The van der Waals surface area contributed by atoms with Crippen LogP contribution >= 0.6 is 0 Å². The Morgan fingerprint density at radius 2 is 1.93 bits per heavy atom. The Kier molecular flexibility index (Phi) is 7.61. The SMILES string of the molecule is CC(C)(C)OC(=O)CN1CC=CCCC(=O)N[C@H](c2ccccc2)COC1=O. The molecule has 152 valence electrons. The number of amides is 2. The number of rotatable bonds is 3. The molecule has 7 nitrogen and oxygen atoms in total. The van der Waals surface area contributed by atoms with Crippen molar-refractivity contribution in [2.24, 2.45) is 0 Å². The van der Waals surface area contributed by atoms with Crippen molar-refractivity contribution >= 4 is 18.0 Å². The third-order valence-electron chi connectivity index (χ3n) is 3.94. The first-order valence-corrected chi connectivity index (χ1v) is 9.37. The van der Waals surface area contributed by atoms with Gasteiger partial charge in [-0.2, -0.15) is 0 Å². The number of carbonyl (C=O) groups excluding carboxylic acids is 3. The van der Waals surface area contributed by atoms with E-state index in [9.17, 15) is 14.4 Å². The molecule has 0 radical (unpaired) electrons. The molecule has 1 N–H and O–H groups in total. The third-order valence-corrected chi connectivity index (χ3v) is 3.94. The minimum absolute atomic E-state index is 0.0247. The second-order valence-corrected chi connectivity index (χ2v) is 7.58. The van der Waals surface area contributed by atoms with Crippen molar-refractivity contribution in [2.75, 3.05) is 19.7 Å². The number of benzene rings is 1. The van der Waals surface area contributed by atoms with Gasteiger partial charge in [-0.1, -0.05) is 42.5 Å². The van der Waals surface area contributed by atoms with Crippen molar-refractivity contribution in [3.05, 3.63) is 48.0 Å². The van der Waals surface area contributed by atoms with Crippen molar-refractivity contribution in [1.29, 1.82) is 0 Å². The van der Waals surface area contributed by atoms with Crippen LogP contribution in [0.5, 0.6) is 0 Å². The summed E-state index contributed by atoms with van der Waals surface area (Å²) in [6.45, 7) is 5.29. The van der Waals surface area contributed by atoms with E-state index in [1.165, 1.54) is 4.90 Å². The zero-order valence-electron chi connectivity index (χ0n) is 16.6. The third kappa shape index (κ3) is 7.42. The van der Waals surface area contributed by atoms with Gasteiger partial charge in [0.1, 0.15) is 18.8 Å². The molecule has 28 heavy (non-hydrogen) atoms. The molecule has 0 fully saturated rings. The van der Waals surface area contributed by atoms with E-state index in [4.69, 9.17) is 9.47 Å². The fourth-order valence-corrected chi connectivity index (χ4v) is 2.69. The molecule has 2 rings (SSSR count). The number of ether oxygens (including phenoxy) is 2. The molecule has 7 heteroatoms. The zero-order chi connectivity index (χ0) is 20.6. The molecule has 1 heterocycles. The van der Waals surface area contributed by atoms with E-state index < -0.39 is 23.7 Å². The monoisotopic (exact) mass is 388 g/mol. The maximum absolute atomic E-state index is 12.5. The maximum Gasteiger partial charge on any atom is 0.410 e. The summed E-state index contributed by atoms with van der Waals surface area (Å²) in [5, 5.41) is 2.90. The number of allylic oxidation sites excluding steroid dienone is 1. The summed E-state index contributed by atoms with van der Waals surface area (Å²) in [4.78, 5) is 38.1. The van der Waals surface area contributed by atoms with Crippen LogP contribution in [-0.4, -0.2) is 48.2 Å². The van der Waals surface area contributed by atoms with Gasteiger partial charge in [-0.3, -0.25) is 14.5 Å². The summed E-state index contributed by atoms with van der Waals surface area (Å²) >= 11 is 0. The smallest absolute Gasteiger partial charge is 0.410 e. The highest BCUT2D eigenvalue weighted by Crippen LogP contribution is 2.15. The van der Waals surface area contributed by atoms with Crippen LogP contribution in [0.4, 0.5) is 4.79 Å². The summed E-state index contributed by atoms with van der Waals surface area (Å²) < 4.78 is 10.7.